The minimum Gasteiger partial charge on any atom is -0.354 e. The van der Waals surface area contributed by atoms with E-state index in [0.29, 0.717) is 5.69 Å². The topological polar surface area (TPSA) is 65.5 Å². The Bertz CT molecular complexity index is 1150. The predicted octanol–water partition coefficient (Wildman–Crippen LogP) is 4.50. The van der Waals surface area contributed by atoms with Gasteiger partial charge >= 0.3 is 0 Å². The molecule has 1 N–H and O–H groups in total. The second-order valence-electron chi connectivity index (χ2n) is 9.53. The van der Waals surface area contributed by atoms with Crippen LogP contribution in [0.25, 0.3) is 0 Å². The van der Waals surface area contributed by atoms with Gasteiger partial charge in [-0.1, -0.05) is 51.1 Å². The second kappa shape index (κ2) is 9.53. The Labute approximate surface area is 197 Å². The van der Waals surface area contributed by atoms with Crippen LogP contribution in [0.3, 0.4) is 0 Å². The molecule has 2 heterocycles. The molecule has 174 valence electrons. The lowest BCUT2D eigenvalue weighted by molar-refractivity contribution is 0.249. The van der Waals surface area contributed by atoms with Crippen molar-refractivity contribution in [2.24, 2.45) is 0 Å². The maximum absolute atomic E-state index is 12.8. The highest BCUT2D eigenvalue weighted by molar-refractivity contribution is 7.92. The van der Waals surface area contributed by atoms with Gasteiger partial charge in [0.25, 0.3) is 10.0 Å². The first-order chi connectivity index (χ1) is 15.7. The molecule has 3 aromatic rings. The van der Waals surface area contributed by atoms with Crippen LogP contribution in [0.2, 0.25) is 0 Å². The predicted molar refractivity (Wildman–Crippen MR) is 134 cm³/mol. The van der Waals surface area contributed by atoms with Crippen LogP contribution in [0.4, 0.5) is 11.5 Å². The Kier molecular flexibility index (Phi) is 6.72. The molecule has 1 fully saturated rings. The van der Waals surface area contributed by atoms with E-state index in [-0.39, 0.29) is 10.3 Å². The fourth-order valence-electron chi connectivity index (χ4n) is 3.96. The molecule has 0 bridgehead atoms. The second-order valence-corrected chi connectivity index (χ2v) is 11.2. The van der Waals surface area contributed by atoms with Gasteiger partial charge in [-0.25, -0.2) is 13.4 Å². The van der Waals surface area contributed by atoms with Crippen LogP contribution in [-0.2, 0) is 22.0 Å². The average molecular weight is 465 g/mol. The molecule has 0 amide bonds. The van der Waals surface area contributed by atoms with E-state index >= 15 is 0 Å². The Hall–Kier alpha value is -2.90. The minimum absolute atomic E-state index is 0.0172. The fourth-order valence-corrected chi connectivity index (χ4v) is 5.02. The number of hydrogen-bond donors (Lipinski definition) is 1. The molecule has 6 nitrogen and oxygen atoms in total. The first-order valence-corrected chi connectivity index (χ1v) is 12.8. The molecule has 0 atom stereocenters. The summed E-state index contributed by atoms with van der Waals surface area (Å²) in [4.78, 5) is 9.43. The van der Waals surface area contributed by atoms with Gasteiger partial charge in [0.1, 0.15) is 5.82 Å². The molecule has 0 spiro atoms. The van der Waals surface area contributed by atoms with E-state index in [1.165, 1.54) is 5.56 Å². The largest absolute Gasteiger partial charge is 0.354 e. The Balaban J connectivity index is 1.33. The molecule has 1 aliphatic heterocycles. The summed E-state index contributed by atoms with van der Waals surface area (Å²) in [5.74, 6) is 1.03. The summed E-state index contributed by atoms with van der Waals surface area (Å²) < 4.78 is 28.3. The molecule has 33 heavy (non-hydrogen) atoms. The number of nitrogens with zero attached hydrogens (tertiary/aromatic N) is 3. The first kappa shape index (κ1) is 23.3. The lowest BCUT2D eigenvalue weighted by Crippen LogP contribution is -2.46. The van der Waals surface area contributed by atoms with Gasteiger partial charge in [0.05, 0.1) is 4.90 Å². The number of nitrogens with one attached hydrogen (secondary N) is 1. The van der Waals surface area contributed by atoms with Gasteiger partial charge in [0.2, 0.25) is 0 Å². The highest BCUT2D eigenvalue weighted by Crippen LogP contribution is 2.24. The highest BCUT2D eigenvalue weighted by Gasteiger charge is 2.19. The quantitative estimate of drug-likeness (QED) is 0.582. The molecule has 0 unspecified atom stereocenters. The number of anilines is 2. The third kappa shape index (κ3) is 5.92. The summed E-state index contributed by atoms with van der Waals surface area (Å²) in [5, 5.41) is 0. The van der Waals surface area contributed by atoms with E-state index in [1.54, 1.807) is 12.1 Å². The van der Waals surface area contributed by atoms with E-state index < -0.39 is 10.0 Å². The van der Waals surface area contributed by atoms with E-state index in [2.05, 4.69) is 40.3 Å². The van der Waals surface area contributed by atoms with Crippen LogP contribution < -0.4 is 9.62 Å². The normalized spacial score (nSPS) is 15.4. The SMILES string of the molecule is CC(C)(C)c1ccc(S(=O)(=O)Nc2ccc(CN3CCN(c4ccccn4)CC3)cc2)cc1. The number of pyridine rings is 1. The van der Waals surface area contributed by atoms with Crippen molar-refractivity contribution in [3.8, 4) is 0 Å². The first-order valence-electron chi connectivity index (χ1n) is 11.3. The summed E-state index contributed by atoms with van der Waals surface area (Å²) in [6.45, 7) is 11.0. The van der Waals surface area contributed by atoms with Gasteiger partial charge in [-0.2, -0.15) is 0 Å². The van der Waals surface area contributed by atoms with Gasteiger partial charge in [0.15, 0.2) is 0 Å². The van der Waals surface area contributed by atoms with Crippen LogP contribution in [0, 0.1) is 0 Å². The Morgan fingerprint density at radius 3 is 2.12 bits per heavy atom. The Morgan fingerprint density at radius 1 is 0.879 bits per heavy atom. The Morgan fingerprint density at radius 2 is 1.55 bits per heavy atom. The summed E-state index contributed by atoms with van der Waals surface area (Å²) in [6, 6.07) is 20.8. The maximum Gasteiger partial charge on any atom is 0.261 e. The number of aromatic nitrogens is 1. The van der Waals surface area contributed by atoms with E-state index in [1.807, 2.05) is 60.8 Å². The third-order valence-electron chi connectivity index (χ3n) is 5.99. The number of sulfonamides is 1. The van der Waals surface area contributed by atoms with Crippen LogP contribution in [0.1, 0.15) is 31.9 Å². The van der Waals surface area contributed by atoms with Crippen molar-refractivity contribution in [3.05, 3.63) is 84.1 Å². The van der Waals surface area contributed by atoms with Crippen molar-refractivity contribution in [2.45, 2.75) is 37.6 Å². The van der Waals surface area contributed by atoms with Crippen LogP contribution in [0.15, 0.2) is 77.8 Å². The van der Waals surface area contributed by atoms with Crippen LogP contribution in [0.5, 0.6) is 0 Å². The smallest absolute Gasteiger partial charge is 0.261 e. The molecule has 0 saturated carbocycles. The van der Waals surface area contributed by atoms with Crippen LogP contribution in [-0.4, -0.2) is 44.5 Å². The van der Waals surface area contributed by atoms with Crippen molar-refractivity contribution in [2.75, 3.05) is 35.8 Å². The van der Waals surface area contributed by atoms with Crippen molar-refractivity contribution >= 4 is 21.5 Å². The van der Waals surface area contributed by atoms with Gasteiger partial charge < -0.3 is 4.90 Å². The molecule has 1 saturated heterocycles. The fraction of sp³-hybridized carbons (Fsp3) is 0.346. The van der Waals surface area contributed by atoms with E-state index in [0.717, 1.165) is 44.1 Å². The standard InChI is InChI=1S/C26H32N4O2S/c1-26(2,3)22-9-13-24(14-10-22)33(31,32)28-23-11-7-21(8-12-23)20-29-16-18-30(19-17-29)25-6-4-5-15-27-25/h4-15,28H,16-20H2,1-3H3. The molecule has 0 aliphatic carbocycles. The molecule has 0 radical (unpaired) electrons. The zero-order valence-corrected chi connectivity index (χ0v) is 20.3. The van der Waals surface area contributed by atoms with Crippen molar-refractivity contribution in [1.82, 2.24) is 9.88 Å². The average Bonchev–Trinajstić information content (AvgIpc) is 2.81. The lowest BCUT2D eigenvalue weighted by Gasteiger charge is -2.35. The maximum atomic E-state index is 12.8. The van der Waals surface area contributed by atoms with Crippen LogP contribution >= 0.6 is 0 Å². The number of piperazine rings is 1. The highest BCUT2D eigenvalue weighted by atomic mass is 32.2. The lowest BCUT2D eigenvalue weighted by atomic mass is 9.87. The van der Waals surface area contributed by atoms with Gasteiger partial charge in [0, 0.05) is 44.6 Å². The molecular formula is C26H32N4O2S. The van der Waals surface area contributed by atoms with Gasteiger partial charge in [-0.3, -0.25) is 9.62 Å². The zero-order chi connectivity index (χ0) is 23.5. The minimum atomic E-state index is -3.62. The van der Waals surface area contributed by atoms with E-state index in [9.17, 15) is 8.42 Å². The molecule has 1 aromatic heterocycles. The summed E-state index contributed by atoms with van der Waals surface area (Å²) >= 11 is 0. The molecule has 7 heteroatoms. The summed E-state index contributed by atoms with van der Waals surface area (Å²) in [7, 11) is -3.62. The number of hydrogen-bond acceptors (Lipinski definition) is 5. The molecule has 4 rings (SSSR count). The summed E-state index contributed by atoms with van der Waals surface area (Å²) in [5.41, 5.74) is 2.82. The van der Waals surface area contributed by atoms with Gasteiger partial charge in [-0.15, -0.1) is 0 Å². The summed E-state index contributed by atoms with van der Waals surface area (Å²) in [6.07, 6.45) is 1.83. The van der Waals surface area contributed by atoms with Crippen molar-refractivity contribution < 1.29 is 8.42 Å². The number of rotatable bonds is 6. The van der Waals surface area contributed by atoms with Crippen molar-refractivity contribution in [3.63, 3.8) is 0 Å². The number of benzene rings is 2. The monoisotopic (exact) mass is 464 g/mol. The third-order valence-corrected chi connectivity index (χ3v) is 7.39. The zero-order valence-electron chi connectivity index (χ0n) is 19.5. The molecular weight excluding hydrogens is 432 g/mol. The molecule has 1 aliphatic rings. The van der Waals surface area contributed by atoms with Gasteiger partial charge in [-0.05, 0) is 52.9 Å². The molecule has 2 aromatic carbocycles. The van der Waals surface area contributed by atoms with Crippen molar-refractivity contribution in [1.29, 1.82) is 0 Å². The van der Waals surface area contributed by atoms with E-state index in [4.69, 9.17) is 0 Å².